The Balaban J connectivity index is 1.86. The second-order valence-corrected chi connectivity index (χ2v) is 8.00. The highest BCUT2D eigenvalue weighted by Gasteiger charge is 2.24. The SMILES string of the molecule is Nc1sc(-c2ccccc2)c(Cc2ccccc2)c1C(=O)c1ccc(Cl)cc1. The van der Waals surface area contributed by atoms with Crippen molar-refractivity contribution in [2.75, 3.05) is 5.73 Å². The minimum Gasteiger partial charge on any atom is -0.390 e. The minimum atomic E-state index is -0.0708. The van der Waals surface area contributed by atoms with Gasteiger partial charge in [-0.2, -0.15) is 0 Å². The predicted octanol–water partition coefficient (Wildman–Crippen LogP) is 6.47. The van der Waals surface area contributed by atoms with Crippen LogP contribution in [0.15, 0.2) is 84.9 Å². The maximum atomic E-state index is 13.3. The first-order valence-corrected chi connectivity index (χ1v) is 10.1. The summed E-state index contributed by atoms with van der Waals surface area (Å²) in [4.78, 5) is 14.4. The predicted molar refractivity (Wildman–Crippen MR) is 118 cm³/mol. The monoisotopic (exact) mass is 403 g/mol. The van der Waals surface area contributed by atoms with Crippen molar-refractivity contribution in [1.29, 1.82) is 0 Å². The first-order chi connectivity index (χ1) is 13.6. The molecule has 0 aliphatic heterocycles. The van der Waals surface area contributed by atoms with E-state index in [1.165, 1.54) is 11.3 Å². The average molecular weight is 404 g/mol. The highest BCUT2D eigenvalue weighted by molar-refractivity contribution is 7.20. The van der Waals surface area contributed by atoms with Gasteiger partial charge in [-0.3, -0.25) is 4.79 Å². The second-order valence-electron chi connectivity index (χ2n) is 6.51. The van der Waals surface area contributed by atoms with Crippen molar-refractivity contribution in [3.05, 3.63) is 112 Å². The second kappa shape index (κ2) is 8.01. The topological polar surface area (TPSA) is 43.1 Å². The van der Waals surface area contributed by atoms with Gasteiger partial charge in [0.05, 0.1) is 10.6 Å². The lowest BCUT2D eigenvalue weighted by Gasteiger charge is -2.09. The van der Waals surface area contributed by atoms with Gasteiger partial charge in [-0.15, -0.1) is 11.3 Å². The van der Waals surface area contributed by atoms with E-state index in [1.807, 2.05) is 36.4 Å². The average Bonchev–Trinajstić information content (AvgIpc) is 3.05. The molecule has 4 rings (SSSR count). The van der Waals surface area contributed by atoms with Gasteiger partial charge in [0.1, 0.15) is 0 Å². The lowest BCUT2D eigenvalue weighted by molar-refractivity contribution is 0.103. The molecule has 2 N–H and O–H groups in total. The lowest BCUT2D eigenvalue weighted by Crippen LogP contribution is -2.07. The Hall–Kier alpha value is -2.88. The van der Waals surface area contributed by atoms with Gasteiger partial charge in [0, 0.05) is 15.5 Å². The lowest BCUT2D eigenvalue weighted by atomic mass is 9.94. The van der Waals surface area contributed by atoms with E-state index in [0.717, 1.165) is 21.6 Å². The van der Waals surface area contributed by atoms with E-state index >= 15 is 0 Å². The fourth-order valence-electron chi connectivity index (χ4n) is 3.27. The van der Waals surface area contributed by atoms with Gasteiger partial charge in [-0.05, 0) is 47.4 Å². The Morgan fingerprint density at radius 3 is 2.11 bits per heavy atom. The largest absolute Gasteiger partial charge is 0.390 e. The van der Waals surface area contributed by atoms with Crippen LogP contribution in [-0.4, -0.2) is 5.78 Å². The number of nitrogens with two attached hydrogens (primary N) is 1. The molecular weight excluding hydrogens is 386 g/mol. The summed E-state index contributed by atoms with van der Waals surface area (Å²) in [5.41, 5.74) is 10.7. The first-order valence-electron chi connectivity index (χ1n) is 8.94. The van der Waals surface area contributed by atoms with Crippen LogP contribution in [0.4, 0.5) is 5.00 Å². The fraction of sp³-hybridized carbons (Fsp3) is 0.0417. The van der Waals surface area contributed by atoms with Crippen LogP contribution in [0.5, 0.6) is 0 Å². The van der Waals surface area contributed by atoms with E-state index in [-0.39, 0.29) is 5.78 Å². The Kier molecular flexibility index (Phi) is 5.29. The number of carbonyl (C=O) groups excluding carboxylic acids is 1. The quantitative estimate of drug-likeness (QED) is 0.388. The molecule has 28 heavy (non-hydrogen) atoms. The van der Waals surface area contributed by atoms with E-state index < -0.39 is 0 Å². The van der Waals surface area contributed by atoms with Crippen LogP contribution in [0.3, 0.4) is 0 Å². The molecule has 0 aliphatic rings. The smallest absolute Gasteiger partial charge is 0.196 e. The molecule has 0 radical (unpaired) electrons. The van der Waals surface area contributed by atoms with Gasteiger partial charge in [-0.1, -0.05) is 72.3 Å². The molecule has 0 atom stereocenters. The number of nitrogen functional groups attached to an aromatic ring is 1. The molecule has 4 aromatic rings. The zero-order valence-electron chi connectivity index (χ0n) is 15.1. The van der Waals surface area contributed by atoms with E-state index in [0.29, 0.717) is 27.6 Å². The van der Waals surface area contributed by atoms with Crippen LogP contribution in [-0.2, 0) is 6.42 Å². The molecule has 2 nitrogen and oxygen atoms in total. The molecule has 4 heteroatoms. The summed E-state index contributed by atoms with van der Waals surface area (Å²) in [6.07, 6.45) is 0.646. The minimum absolute atomic E-state index is 0.0708. The van der Waals surface area contributed by atoms with E-state index in [9.17, 15) is 4.79 Å². The van der Waals surface area contributed by atoms with Gasteiger partial charge in [-0.25, -0.2) is 0 Å². The summed E-state index contributed by atoms with van der Waals surface area (Å²) in [5.74, 6) is -0.0708. The van der Waals surface area contributed by atoms with Crippen molar-refractivity contribution < 1.29 is 4.79 Å². The van der Waals surface area contributed by atoms with Crippen molar-refractivity contribution in [2.45, 2.75) is 6.42 Å². The van der Waals surface area contributed by atoms with Gasteiger partial charge >= 0.3 is 0 Å². The zero-order valence-corrected chi connectivity index (χ0v) is 16.6. The Bertz CT molecular complexity index is 1100. The Labute approximate surface area is 173 Å². The number of rotatable bonds is 5. The van der Waals surface area contributed by atoms with Crippen molar-refractivity contribution in [3.63, 3.8) is 0 Å². The molecule has 0 spiro atoms. The Morgan fingerprint density at radius 2 is 1.46 bits per heavy atom. The molecule has 138 valence electrons. The number of halogens is 1. The molecule has 0 saturated heterocycles. The van der Waals surface area contributed by atoms with Crippen molar-refractivity contribution in [2.24, 2.45) is 0 Å². The molecule has 0 fully saturated rings. The number of hydrogen-bond acceptors (Lipinski definition) is 3. The standard InChI is InChI=1S/C24H18ClNOS/c25-19-13-11-17(12-14-19)22(27)21-20(15-16-7-3-1-4-8-16)23(28-24(21)26)18-9-5-2-6-10-18/h1-14H,15,26H2. The molecule has 1 heterocycles. The summed E-state index contributed by atoms with van der Waals surface area (Å²) in [6, 6.07) is 27.2. The Morgan fingerprint density at radius 1 is 0.857 bits per heavy atom. The van der Waals surface area contributed by atoms with E-state index in [4.69, 9.17) is 17.3 Å². The molecule has 0 bridgehead atoms. The van der Waals surface area contributed by atoms with Crippen molar-refractivity contribution in [1.82, 2.24) is 0 Å². The van der Waals surface area contributed by atoms with Crippen LogP contribution >= 0.6 is 22.9 Å². The van der Waals surface area contributed by atoms with Gasteiger partial charge in [0.25, 0.3) is 0 Å². The normalized spacial score (nSPS) is 10.8. The van der Waals surface area contributed by atoms with Crippen LogP contribution in [0.2, 0.25) is 5.02 Å². The summed E-state index contributed by atoms with van der Waals surface area (Å²) in [6.45, 7) is 0. The summed E-state index contributed by atoms with van der Waals surface area (Å²) >= 11 is 7.45. The summed E-state index contributed by atoms with van der Waals surface area (Å²) in [7, 11) is 0. The van der Waals surface area contributed by atoms with Crippen molar-refractivity contribution in [3.8, 4) is 10.4 Å². The number of ketones is 1. The molecule has 0 amide bonds. The van der Waals surface area contributed by atoms with Gasteiger partial charge in [0.15, 0.2) is 5.78 Å². The maximum Gasteiger partial charge on any atom is 0.196 e. The van der Waals surface area contributed by atoms with E-state index in [1.54, 1.807) is 24.3 Å². The number of hydrogen-bond donors (Lipinski definition) is 1. The third kappa shape index (κ3) is 3.72. The van der Waals surface area contributed by atoms with Crippen molar-refractivity contribution >= 4 is 33.7 Å². The number of anilines is 1. The fourth-order valence-corrected chi connectivity index (χ4v) is 4.49. The molecule has 0 aliphatic carbocycles. The molecule has 0 unspecified atom stereocenters. The number of thiophene rings is 1. The van der Waals surface area contributed by atoms with Crippen LogP contribution in [0.1, 0.15) is 27.0 Å². The van der Waals surface area contributed by atoms with Crippen LogP contribution in [0.25, 0.3) is 10.4 Å². The molecule has 3 aromatic carbocycles. The summed E-state index contributed by atoms with van der Waals surface area (Å²) < 4.78 is 0. The highest BCUT2D eigenvalue weighted by atomic mass is 35.5. The maximum absolute atomic E-state index is 13.3. The zero-order chi connectivity index (χ0) is 19.5. The first kappa shape index (κ1) is 18.5. The number of benzene rings is 3. The third-order valence-electron chi connectivity index (χ3n) is 4.63. The van der Waals surface area contributed by atoms with Crippen LogP contribution in [0, 0.1) is 0 Å². The van der Waals surface area contributed by atoms with Gasteiger partial charge in [0.2, 0.25) is 0 Å². The molecular formula is C24H18ClNOS. The highest BCUT2D eigenvalue weighted by Crippen LogP contribution is 2.41. The van der Waals surface area contributed by atoms with Gasteiger partial charge < -0.3 is 5.73 Å². The number of carbonyl (C=O) groups is 1. The molecule has 0 saturated carbocycles. The third-order valence-corrected chi connectivity index (χ3v) is 5.99. The van der Waals surface area contributed by atoms with E-state index in [2.05, 4.69) is 24.3 Å². The van der Waals surface area contributed by atoms with Crippen LogP contribution < -0.4 is 5.73 Å². The molecule has 1 aromatic heterocycles. The summed E-state index contributed by atoms with van der Waals surface area (Å²) in [5, 5.41) is 1.15.